The average Bonchev–Trinajstić information content (AvgIpc) is 2.78. The fraction of sp³-hybridized carbons (Fsp3) is 0.0769. The van der Waals surface area contributed by atoms with Gasteiger partial charge < -0.3 is 21.3 Å². The Balaban J connectivity index is 1.35. The molecule has 0 heterocycles. The normalized spacial score (nSPS) is 10.3. The van der Waals surface area contributed by atoms with Crippen LogP contribution in [0.25, 0.3) is 10.6 Å². The Morgan fingerprint density at radius 3 is 1.20 bits per heavy atom. The summed E-state index contributed by atoms with van der Waals surface area (Å²) in [7, 11) is 1.79. The molecule has 0 aliphatic carbocycles. The lowest BCUT2D eigenvalue weighted by Crippen LogP contribution is -1.92. The van der Waals surface area contributed by atoms with E-state index in [1.807, 2.05) is 60.7 Å². The maximum Gasteiger partial charge on any atom is 0.0385 e. The first-order chi connectivity index (χ1) is 14.7. The highest BCUT2D eigenvalue weighted by Crippen LogP contribution is 2.31. The van der Waals surface area contributed by atoms with Crippen LogP contribution in [-0.2, 0) is 0 Å². The molecule has 0 bridgehead atoms. The fourth-order valence-electron chi connectivity index (χ4n) is 3.05. The van der Waals surface area contributed by atoms with Gasteiger partial charge in [-0.2, -0.15) is 0 Å². The van der Waals surface area contributed by atoms with E-state index in [-0.39, 0.29) is 0 Å². The summed E-state index contributed by atoms with van der Waals surface area (Å²) in [4.78, 5) is 0. The topological polar surface area (TPSA) is 52.3 Å². The number of aryl methyl sites for hydroxylation is 1. The van der Waals surface area contributed by atoms with Gasteiger partial charge in [-0.3, -0.25) is 0 Å². The van der Waals surface area contributed by atoms with Gasteiger partial charge in [0.05, 0.1) is 0 Å². The van der Waals surface area contributed by atoms with Crippen LogP contribution in [0.15, 0.2) is 97.1 Å². The van der Waals surface area contributed by atoms with Crippen LogP contribution >= 0.6 is 0 Å². The van der Waals surface area contributed by atoms with Crippen molar-refractivity contribution in [2.75, 3.05) is 17.7 Å². The molecular formula is C26H24N4-2. The summed E-state index contributed by atoms with van der Waals surface area (Å²) in [6.07, 6.45) is 0. The van der Waals surface area contributed by atoms with Crippen molar-refractivity contribution in [3.63, 3.8) is 0 Å². The molecular weight excluding hydrogens is 368 g/mol. The van der Waals surface area contributed by atoms with E-state index in [2.05, 4.69) is 64.6 Å². The van der Waals surface area contributed by atoms with Crippen LogP contribution in [0.5, 0.6) is 0 Å². The Hall–Kier alpha value is -3.92. The summed E-state index contributed by atoms with van der Waals surface area (Å²) in [6.45, 7) is 2.08. The first-order valence-electron chi connectivity index (χ1n) is 9.90. The molecule has 4 aromatic rings. The van der Waals surface area contributed by atoms with Gasteiger partial charge in [0.1, 0.15) is 0 Å². The molecule has 150 valence electrons. The largest absolute Gasteiger partial charge is 0.687 e. The van der Waals surface area contributed by atoms with E-state index in [0.717, 1.165) is 39.8 Å². The molecule has 0 saturated carbocycles. The summed E-state index contributed by atoms with van der Waals surface area (Å²) < 4.78 is 0. The molecule has 0 fully saturated rings. The Kier molecular flexibility index (Phi) is 5.85. The molecule has 0 unspecified atom stereocenters. The van der Waals surface area contributed by atoms with Crippen molar-refractivity contribution >= 4 is 39.8 Å². The van der Waals surface area contributed by atoms with Gasteiger partial charge in [-0.25, -0.2) is 0 Å². The highest BCUT2D eigenvalue weighted by atomic mass is 14.9. The summed E-state index contributed by atoms with van der Waals surface area (Å²) in [6, 6.07) is 32.6. The van der Waals surface area contributed by atoms with Crippen LogP contribution < -0.4 is 10.6 Å². The Bertz CT molecular complexity index is 1070. The Morgan fingerprint density at radius 2 is 0.800 bits per heavy atom. The second kappa shape index (κ2) is 9.05. The Labute approximate surface area is 178 Å². The molecule has 4 aromatic carbocycles. The summed E-state index contributed by atoms with van der Waals surface area (Å²) in [5.74, 6) is 0. The SMILES string of the molecule is C[N-]c1ccc(Nc2ccc(Nc3ccc([N-]c4ccc(C)cc4)cc3)cc2)cc1. The predicted molar refractivity (Wildman–Crippen MR) is 129 cm³/mol. The number of hydrogen-bond donors (Lipinski definition) is 2. The molecule has 0 aromatic heterocycles. The molecule has 30 heavy (non-hydrogen) atoms. The number of nitrogens with one attached hydrogen (secondary N) is 2. The van der Waals surface area contributed by atoms with Gasteiger partial charge in [-0.05, 0) is 55.5 Å². The van der Waals surface area contributed by atoms with Crippen LogP contribution in [0.1, 0.15) is 5.56 Å². The average molecular weight is 393 g/mol. The number of hydrogen-bond acceptors (Lipinski definition) is 2. The van der Waals surface area contributed by atoms with Crippen molar-refractivity contribution in [3.05, 3.63) is 113 Å². The number of rotatable bonds is 7. The van der Waals surface area contributed by atoms with Gasteiger partial charge in [0, 0.05) is 22.7 Å². The van der Waals surface area contributed by atoms with Crippen molar-refractivity contribution in [1.29, 1.82) is 0 Å². The standard InChI is InChI=1S/C26H24N4/c1-19-3-5-21(6-4-19)28-23-11-13-25(14-12-23)30-26-17-15-24(16-18-26)29-22-9-7-20(27-2)8-10-22/h3-18,29-30H,1-2H3/q-2. The molecule has 0 radical (unpaired) electrons. The maximum absolute atomic E-state index is 4.65. The van der Waals surface area contributed by atoms with Crippen molar-refractivity contribution in [1.82, 2.24) is 0 Å². The van der Waals surface area contributed by atoms with E-state index in [1.54, 1.807) is 7.05 Å². The van der Waals surface area contributed by atoms with Crippen LogP contribution in [-0.4, -0.2) is 7.05 Å². The molecule has 4 nitrogen and oxygen atoms in total. The monoisotopic (exact) mass is 392 g/mol. The third kappa shape index (κ3) is 5.11. The maximum atomic E-state index is 4.65. The van der Waals surface area contributed by atoms with Gasteiger partial charge >= 0.3 is 0 Å². The molecule has 0 spiro atoms. The molecule has 4 heteroatoms. The minimum atomic E-state index is 0.936. The molecule has 0 aliphatic rings. The Morgan fingerprint density at radius 1 is 0.467 bits per heavy atom. The first kappa shape index (κ1) is 19.4. The second-order valence-corrected chi connectivity index (χ2v) is 7.09. The minimum Gasteiger partial charge on any atom is -0.687 e. The van der Waals surface area contributed by atoms with Gasteiger partial charge in [-0.1, -0.05) is 54.1 Å². The van der Waals surface area contributed by atoms with Gasteiger partial charge in [0.2, 0.25) is 0 Å². The zero-order valence-electron chi connectivity index (χ0n) is 17.1. The number of anilines is 4. The van der Waals surface area contributed by atoms with Crippen molar-refractivity contribution in [2.24, 2.45) is 0 Å². The van der Waals surface area contributed by atoms with E-state index in [0.29, 0.717) is 0 Å². The quantitative estimate of drug-likeness (QED) is 0.331. The van der Waals surface area contributed by atoms with E-state index < -0.39 is 0 Å². The van der Waals surface area contributed by atoms with Crippen molar-refractivity contribution in [3.8, 4) is 0 Å². The van der Waals surface area contributed by atoms with E-state index >= 15 is 0 Å². The predicted octanol–water partition coefficient (Wildman–Crippen LogP) is 8.45. The van der Waals surface area contributed by atoms with Crippen LogP contribution in [0.2, 0.25) is 0 Å². The summed E-state index contributed by atoms with van der Waals surface area (Å²) in [5.41, 5.74) is 8.23. The second-order valence-electron chi connectivity index (χ2n) is 7.09. The van der Waals surface area contributed by atoms with E-state index in [1.165, 1.54) is 5.56 Å². The van der Waals surface area contributed by atoms with Crippen molar-refractivity contribution in [2.45, 2.75) is 6.92 Å². The molecule has 0 amide bonds. The van der Waals surface area contributed by atoms with Crippen LogP contribution in [0, 0.1) is 6.92 Å². The lowest BCUT2D eigenvalue weighted by atomic mass is 10.2. The lowest BCUT2D eigenvalue weighted by molar-refractivity contribution is 1.47. The third-order valence-electron chi connectivity index (χ3n) is 4.75. The van der Waals surface area contributed by atoms with Gasteiger partial charge in [0.25, 0.3) is 0 Å². The number of benzene rings is 4. The molecule has 0 saturated heterocycles. The van der Waals surface area contributed by atoms with Crippen molar-refractivity contribution < 1.29 is 0 Å². The van der Waals surface area contributed by atoms with Gasteiger partial charge in [-0.15, -0.1) is 24.1 Å². The molecule has 0 atom stereocenters. The summed E-state index contributed by atoms with van der Waals surface area (Å²) >= 11 is 0. The highest BCUT2D eigenvalue weighted by Gasteiger charge is 1.97. The molecule has 0 aliphatic heterocycles. The summed E-state index contributed by atoms with van der Waals surface area (Å²) in [5, 5.41) is 15.6. The van der Waals surface area contributed by atoms with Gasteiger partial charge in [0.15, 0.2) is 0 Å². The number of nitrogens with zero attached hydrogens (tertiary/aromatic N) is 2. The van der Waals surface area contributed by atoms with E-state index in [9.17, 15) is 0 Å². The zero-order valence-corrected chi connectivity index (χ0v) is 17.1. The molecule has 4 rings (SSSR count). The first-order valence-corrected chi connectivity index (χ1v) is 9.90. The molecule has 2 N–H and O–H groups in total. The van der Waals surface area contributed by atoms with Crippen LogP contribution in [0.4, 0.5) is 39.8 Å². The smallest absolute Gasteiger partial charge is 0.0385 e. The fourth-order valence-corrected chi connectivity index (χ4v) is 3.05. The lowest BCUT2D eigenvalue weighted by Gasteiger charge is -2.22. The van der Waals surface area contributed by atoms with Crippen LogP contribution in [0.3, 0.4) is 0 Å². The third-order valence-corrected chi connectivity index (χ3v) is 4.75. The zero-order chi connectivity index (χ0) is 20.8. The highest BCUT2D eigenvalue weighted by molar-refractivity contribution is 5.71. The van der Waals surface area contributed by atoms with E-state index in [4.69, 9.17) is 0 Å². The minimum absolute atomic E-state index is 0.936.